The van der Waals surface area contributed by atoms with Crippen molar-refractivity contribution in [3.63, 3.8) is 0 Å². The van der Waals surface area contributed by atoms with Crippen LogP contribution in [0.5, 0.6) is 5.75 Å². The van der Waals surface area contributed by atoms with Crippen LogP contribution in [0.4, 0.5) is 5.69 Å². The van der Waals surface area contributed by atoms with Crippen molar-refractivity contribution in [2.75, 3.05) is 12.5 Å². The number of alkyl halides is 2. The molecule has 0 saturated heterocycles. The Morgan fingerprint density at radius 1 is 1.35 bits per heavy atom. The molecule has 1 aliphatic heterocycles. The van der Waals surface area contributed by atoms with E-state index in [1.807, 2.05) is 0 Å². The van der Waals surface area contributed by atoms with Crippen molar-refractivity contribution in [2.24, 2.45) is 0 Å². The van der Waals surface area contributed by atoms with Gasteiger partial charge in [-0.1, -0.05) is 0 Å². The lowest BCUT2D eigenvalue weighted by Gasteiger charge is -2.52. The first-order valence-corrected chi connectivity index (χ1v) is 6.19. The Balaban J connectivity index is 2.17. The van der Waals surface area contributed by atoms with Gasteiger partial charge in [-0.2, -0.15) is 0 Å². The largest absolute Gasteiger partial charge is 0.621 e. The third-order valence-corrected chi connectivity index (χ3v) is 3.34. The van der Waals surface area contributed by atoms with Gasteiger partial charge in [-0.25, -0.2) is 0 Å². The van der Waals surface area contributed by atoms with E-state index in [0.717, 1.165) is 0 Å². The van der Waals surface area contributed by atoms with Crippen molar-refractivity contribution in [1.29, 1.82) is 0 Å². The number of benzene rings is 1. The molecule has 2 unspecified atom stereocenters. The van der Waals surface area contributed by atoms with Gasteiger partial charge in [0.25, 0.3) is 0 Å². The van der Waals surface area contributed by atoms with Crippen LogP contribution in [0.25, 0.3) is 0 Å². The Labute approximate surface area is 110 Å². The number of halogens is 2. The molecular formula is C12H13Cl2NO2. The number of hydroxylamine groups is 2. The van der Waals surface area contributed by atoms with Gasteiger partial charge in [0.05, 0.1) is 5.88 Å². The van der Waals surface area contributed by atoms with Crippen molar-refractivity contribution in [3.05, 3.63) is 41.7 Å². The maximum Gasteiger partial charge on any atom is 0.204 e. The fraction of sp³-hybridized carbons (Fsp3) is 0.333. The van der Waals surface area contributed by atoms with Crippen molar-refractivity contribution >= 4 is 28.9 Å². The van der Waals surface area contributed by atoms with Crippen molar-refractivity contribution in [3.8, 4) is 5.75 Å². The highest BCUT2D eigenvalue weighted by Crippen LogP contribution is 2.43. The summed E-state index contributed by atoms with van der Waals surface area (Å²) in [6.45, 7) is 2.14. The van der Waals surface area contributed by atoms with E-state index in [1.165, 1.54) is 6.20 Å². The predicted octanol–water partition coefficient (Wildman–Crippen LogP) is 3.59. The molecule has 0 spiro atoms. The van der Waals surface area contributed by atoms with E-state index in [-0.39, 0.29) is 0 Å². The molecule has 0 bridgehead atoms. The van der Waals surface area contributed by atoms with Gasteiger partial charge in [-0.15, -0.1) is 11.6 Å². The highest BCUT2D eigenvalue weighted by Gasteiger charge is 2.45. The third-order valence-electron chi connectivity index (χ3n) is 2.80. The fourth-order valence-corrected chi connectivity index (χ4v) is 1.96. The Morgan fingerprint density at radius 2 is 2.00 bits per heavy atom. The number of ether oxygens (including phenoxy) is 1. The van der Waals surface area contributed by atoms with Crippen LogP contribution in [0, 0.1) is 5.21 Å². The molecule has 0 aromatic heterocycles. The molecule has 1 aromatic rings. The van der Waals surface area contributed by atoms with Gasteiger partial charge < -0.3 is 9.94 Å². The Morgan fingerprint density at radius 3 is 2.41 bits per heavy atom. The molecule has 1 aromatic carbocycles. The van der Waals surface area contributed by atoms with Gasteiger partial charge in [0.15, 0.2) is 0 Å². The summed E-state index contributed by atoms with van der Waals surface area (Å²) >= 11 is 11.6. The molecule has 0 fully saturated rings. The minimum atomic E-state index is -0.918. The zero-order valence-electron chi connectivity index (χ0n) is 9.40. The molecule has 2 atom stereocenters. The molecule has 0 amide bonds. The average Bonchev–Trinajstić information content (AvgIpc) is 2.34. The van der Waals surface area contributed by atoms with E-state index in [2.05, 4.69) is 0 Å². The fourth-order valence-electron chi connectivity index (χ4n) is 1.67. The topological polar surface area (TPSA) is 32.3 Å². The van der Waals surface area contributed by atoms with E-state index in [4.69, 9.17) is 27.9 Å². The van der Waals surface area contributed by atoms with E-state index in [9.17, 15) is 5.21 Å². The summed E-state index contributed by atoms with van der Waals surface area (Å²) < 4.78 is 4.69. The molecule has 1 aliphatic rings. The molecule has 0 saturated carbocycles. The highest BCUT2D eigenvalue weighted by molar-refractivity contribution is 6.26. The molecule has 92 valence electrons. The summed E-state index contributed by atoms with van der Waals surface area (Å²) in [6.07, 6.45) is 3.22. The average molecular weight is 274 g/mol. The van der Waals surface area contributed by atoms with Crippen LogP contribution in [0.1, 0.15) is 6.92 Å². The molecule has 17 heavy (non-hydrogen) atoms. The molecule has 0 N–H and O–H groups in total. The third kappa shape index (κ3) is 2.16. The maximum atomic E-state index is 12.4. The number of quaternary nitrogens is 1. The smallest absolute Gasteiger partial charge is 0.204 e. The van der Waals surface area contributed by atoms with Crippen molar-refractivity contribution in [2.45, 2.75) is 11.9 Å². The van der Waals surface area contributed by atoms with Crippen LogP contribution < -0.4 is 9.38 Å². The lowest BCUT2D eigenvalue weighted by molar-refractivity contribution is 0.337. The summed E-state index contributed by atoms with van der Waals surface area (Å²) in [4.78, 5) is -0.918. The van der Waals surface area contributed by atoms with Gasteiger partial charge in [-0.3, -0.25) is 4.65 Å². The van der Waals surface area contributed by atoms with Gasteiger partial charge in [-0.05, 0) is 23.7 Å². The normalized spacial score (nSPS) is 31.1. The van der Waals surface area contributed by atoms with Gasteiger partial charge in [0.1, 0.15) is 24.2 Å². The summed E-state index contributed by atoms with van der Waals surface area (Å²) in [5.41, 5.74) is 0.586. The van der Waals surface area contributed by atoms with E-state index in [1.54, 1.807) is 37.3 Å². The summed E-state index contributed by atoms with van der Waals surface area (Å²) in [5.74, 6) is 1.13. The van der Waals surface area contributed by atoms with Crippen LogP contribution in [0.2, 0.25) is 0 Å². The first kappa shape index (κ1) is 12.7. The van der Waals surface area contributed by atoms with Gasteiger partial charge in [0.2, 0.25) is 5.00 Å². The van der Waals surface area contributed by atoms with Crippen LogP contribution in [-0.2, 0) is 0 Å². The predicted molar refractivity (Wildman–Crippen MR) is 71.2 cm³/mol. The SMILES string of the molecule is CC1(Cl)C=C[N+]1([O-])c1ccc(OCCCl)cc1. The summed E-state index contributed by atoms with van der Waals surface area (Å²) in [7, 11) is 0. The van der Waals surface area contributed by atoms with Crippen LogP contribution in [0.15, 0.2) is 36.5 Å². The number of rotatable bonds is 4. The molecule has 5 heteroatoms. The molecule has 0 aliphatic carbocycles. The number of nitrogens with zero attached hydrogens (tertiary/aromatic N) is 1. The minimum Gasteiger partial charge on any atom is -0.621 e. The van der Waals surface area contributed by atoms with E-state index in [0.29, 0.717) is 23.9 Å². The van der Waals surface area contributed by atoms with Crippen LogP contribution in [-0.4, -0.2) is 17.5 Å². The number of hydrogen-bond donors (Lipinski definition) is 0. The van der Waals surface area contributed by atoms with E-state index < -0.39 is 9.64 Å². The molecule has 0 radical (unpaired) electrons. The van der Waals surface area contributed by atoms with Crippen molar-refractivity contribution in [1.82, 2.24) is 4.65 Å². The second-order valence-electron chi connectivity index (χ2n) is 4.03. The van der Waals surface area contributed by atoms with Crippen LogP contribution in [0.3, 0.4) is 0 Å². The molecule has 2 rings (SSSR count). The van der Waals surface area contributed by atoms with Crippen molar-refractivity contribution < 1.29 is 4.74 Å². The minimum absolute atomic E-state index is 0.436. The Bertz CT molecular complexity index is 431. The standard InChI is InChI=1S/C12H13Cl2NO2/c1-12(14)6-8-15(12,16)10-2-4-11(5-3-10)17-9-7-13/h2-6,8H,7,9H2,1H3. The first-order valence-electron chi connectivity index (χ1n) is 5.28. The summed E-state index contributed by atoms with van der Waals surface area (Å²) in [5, 5.41) is 12.4. The second-order valence-corrected chi connectivity index (χ2v) is 5.17. The zero-order valence-corrected chi connectivity index (χ0v) is 10.9. The second kappa shape index (κ2) is 4.50. The lowest BCUT2D eigenvalue weighted by atomic mass is 10.1. The van der Waals surface area contributed by atoms with Crippen LogP contribution >= 0.6 is 23.2 Å². The monoisotopic (exact) mass is 273 g/mol. The molecule has 1 heterocycles. The maximum absolute atomic E-state index is 12.4. The molecular weight excluding hydrogens is 261 g/mol. The Kier molecular flexibility index (Phi) is 3.36. The van der Waals surface area contributed by atoms with Gasteiger partial charge in [0, 0.05) is 25.1 Å². The summed E-state index contributed by atoms with van der Waals surface area (Å²) in [6, 6.07) is 6.94. The molecule has 3 nitrogen and oxygen atoms in total. The highest BCUT2D eigenvalue weighted by atomic mass is 35.5. The number of hydrogen-bond acceptors (Lipinski definition) is 2. The Hall–Kier alpha value is -0.740. The lowest BCUT2D eigenvalue weighted by Crippen LogP contribution is -2.58. The van der Waals surface area contributed by atoms with E-state index >= 15 is 0 Å². The quantitative estimate of drug-likeness (QED) is 0.364. The van der Waals surface area contributed by atoms with Gasteiger partial charge >= 0.3 is 0 Å². The zero-order chi connectivity index (χ0) is 12.5. The first-order chi connectivity index (χ1) is 7.99.